The molecule has 4 rings (SSSR count). The summed E-state index contributed by atoms with van der Waals surface area (Å²) in [7, 11) is 0.501. The normalized spacial score (nSPS) is 16.7. The van der Waals surface area contributed by atoms with Crippen molar-refractivity contribution in [1.29, 1.82) is 0 Å². The van der Waals surface area contributed by atoms with Gasteiger partial charge in [0.15, 0.2) is 5.78 Å². The number of hydrogen-bond acceptors (Lipinski definition) is 3. The third-order valence-corrected chi connectivity index (χ3v) is 8.80. The fourth-order valence-corrected chi connectivity index (χ4v) is 6.27. The zero-order valence-electron chi connectivity index (χ0n) is 19.7. The topological polar surface area (TPSA) is 40.5 Å². The molecular weight excluding hydrogens is 425 g/mol. The predicted molar refractivity (Wildman–Crippen MR) is 139 cm³/mol. The van der Waals surface area contributed by atoms with Crippen LogP contribution < -0.4 is 5.30 Å². The molecule has 172 valence electrons. The van der Waals surface area contributed by atoms with Gasteiger partial charge in [0.1, 0.15) is 5.75 Å². The number of benzene rings is 3. The Kier molecular flexibility index (Phi) is 7.63. The van der Waals surface area contributed by atoms with E-state index in [1.165, 1.54) is 43.2 Å². The van der Waals surface area contributed by atoms with E-state index < -0.39 is 0 Å². The van der Waals surface area contributed by atoms with Crippen LogP contribution >= 0.6 is 8.58 Å². The molecule has 3 aromatic carbocycles. The molecule has 0 aromatic heterocycles. The summed E-state index contributed by atoms with van der Waals surface area (Å²) in [6, 6.07) is 23.4. The van der Waals surface area contributed by atoms with Crippen molar-refractivity contribution in [3.8, 4) is 5.75 Å². The third kappa shape index (κ3) is 5.54. The predicted octanol–water partition coefficient (Wildman–Crippen LogP) is 6.24. The number of phenols is 1. The molecule has 1 fully saturated rings. The lowest BCUT2D eigenvalue weighted by Gasteiger charge is -2.32. The van der Waals surface area contributed by atoms with Gasteiger partial charge in [-0.05, 0) is 61.4 Å². The molecule has 1 saturated heterocycles. The van der Waals surface area contributed by atoms with Crippen molar-refractivity contribution >= 4 is 19.7 Å². The number of nitrogens with zero attached hydrogens (tertiary/aromatic N) is 1. The van der Waals surface area contributed by atoms with Gasteiger partial charge in [-0.15, -0.1) is 0 Å². The van der Waals surface area contributed by atoms with Crippen molar-refractivity contribution in [2.75, 3.05) is 13.1 Å². The second-order valence-corrected chi connectivity index (χ2v) is 11.1. The molecule has 1 aliphatic heterocycles. The molecule has 0 saturated carbocycles. The second-order valence-electron chi connectivity index (χ2n) is 9.23. The number of piperidine rings is 1. The third-order valence-electron chi connectivity index (χ3n) is 6.87. The van der Waals surface area contributed by atoms with Crippen LogP contribution in [0.4, 0.5) is 0 Å². The molecule has 2 atom stereocenters. The maximum absolute atomic E-state index is 13.1. The van der Waals surface area contributed by atoms with Crippen LogP contribution in [0.1, 0.15) is 66.6 Å². The fourth-order valence-electron chi connectivity index (χ4n) is 4.66. The van der Waals surface area contributed by atoms with Crippen LogP contribution in [0.2, 0.25) is 0 Å². The van der Waals surface area contributed by atoms with Crippen LogP contribution in [-0.2, 0) is 11.7 Å². The first-order valence-corrected chi connectivity index (χ1v) is 13.0. The minimum Gasteiger partial charge on any atom is -0.508 e. The lowest BCUT2D eigenvalue weighted by molar-refractivity contribution is 0.103. The Labute approximate surface area is 199 Å². The Morgan fingerprint density at radius 2 is 1.64 bits per heavy atom. The van der Waals surface area contributed by atoms with Gasteiger partial charge in [0.05, 0.1) is 0 Å². The SMILES string of the molecule is CCC(C)(Pc1ccccc1CN1CCCCC1)c1cc(C(=O)c2ccccc2)ccc1O. The maximum Gasteiger partial charge on any atom is 0.193 e. The van der Waals surface area contributed by atoms with Gasteiger partial charge in [0.25, 0.3) is 0 Å². The van der Waals surface area contributed by atoms with Crippen LogP contribution in [0.25, 0.3) is 0 Å². The molecule has 0 bridgehead atoms. The summed E-state index contributed by atoms with van der Waals surface area (Å²) in [5.74, 6) is 0.258. The molecule has 0 amide bonds. The summed E-state index contributed by atoms with van der Waals surface area (Å²) >= 11 is 0. The van der Waals surface area contributed by atoms with E-state index in [0.717, 1.165) is 18.5 Å². The maximum atomic E-state index is 13.1. The van der Waals surface area contributed by atoms with Crippen LogP contribution in [-0.4, -0.2) is 28.9 Å². The molecule has 0 spiro atoms. The van der Waals surface area contributed by atoms with Gasteiger partial charge < -0.3 is 5.11 Å². The molecule has 1 N–H and O–H groups in total. The first-order valence-electron chi connectivity index (χ1n) is 12.0. The Balaban J connectivity index is 1.63. The van der Waals surface area contributed by atoms with Crippen molar-refractivity contribution in [2.45, 2.75) is 51.2 Å². The van der Waals surface area contributed by atoms with Crippen LogP contribution in [0.3, 0.4) is 0 Å². The summed E-state index contributed by atoms with van der Waals surface area (Å²) in [4.78, 5) is 15.6. The van der Waals surface area contributed by atoms with E-state index in [-0.39, 0.29) is 16.7 Å². The van der Waals surface area contributed by atoms with Crippen molar-refractivity contribution in [1.82, 2.24) is 4.90 Å². The number of phenolic OH excluding ortho intramolecular Hbond substituents is 1. The highest BCUT2D eigenvalue weighted by atomic mass is 31.1. The fraction of sp³-hybridized carbons (Fsp3) is 0.345. The first-order chi connectivity index (χ1) is 16.0. The molecule has 33 heavy (non-hydrogen) atoms. The zero-order valence-corrected chi connectivity index (χ0v) is 20.7. The molecular formula is C29H34NO2P. The Bertz CT molecular complexity index is 1090. The van der Waals surface area contributed by atoms with Crippen molar-refractivity contribution in [3.05, 3.63) is 95.1 Å². The Morgan fingerprint density at radius 3 is 2.36 bits per heavy atom. The van der Waals surface area contributed by atoms with Crippen LogP contribution in [0, 0.1) is 0 Å². The molecule has 1 aliphatic rings. The number of likely N-dealkylation sites (tertiary alicyclic amines) is 1. The summed E-state index contributed by atoms with van der Waals surface area (Å²) in [5.41, 5.74) is 3.54. The van der Waals surface area contributed by atoms with E-state index in [1.54, 1.807) is 12.1 Å². The van der Waals surface area contributed by atoms with E-state index >= 15 is 0 Å². The smallest absolute Gasteiger partial charge is 0.193 e. The zero-order chi connectivity index (χ0) is 23.3. The molecule has 3 aromatic rings. The monoisotopic (exact) mass is 459 g/mol. The number of ketones is 1. The van der Waals surface area contributed by atoms with Crippen molar-refractivity contribution in [3.63, 3.8) is 0 Å². The van der Waals surface area contributed by atoms with Gasteiger partial charge in [-0.3, -0.25) is 9.69 Å². The van der Waals surface area contributed by atoms with Gasteiger partial charge in [0, 0.05) is 28.4 Å². The largest absolute Gasteiger partial charge is 0.508 e. The minimum atomic E-state index is -0.255. The van der Waals surface area contributed by atoms with Crippen molar-refractivity contribution in [2.24, 2.45) is 0 Å². The molecule has 0 aliphatic carbocycles. The number of aromatic hydroxyl groups is 1. The molecule has 2 unspecified atom stereocenters. The van der Waals surface area contributed by atoms with Gasteiger partial charge in [0.2, 0.25) is 0 Å². The lowest BCUT2D eigenvalue weighted by Crippen LogP contribution is -2.31. The van der Waals surface area contributed by atoms with Gasteiger partial charge in [-0.2, -0.15) is 0 Å². The van der Waals surface area contributed by atoms with E-state index in [1.807, 2.05) is 36.4 Å². The summed E-state index contributed by atoms with van der Waals surface area (Å²) < 4.78 is 0. The van der Waals surface area contributed by atoms with Crippen LogP contribution in [0.15, 0.2) is 72.8 Å². The second kappa shape index (κ2) is 10.6. The number of hydrogen-bond donors (Lipinski definition) is 1. The van der Waals surface area contributed by atoms with Gasteiger partial charge >= 0.3 is 0 Å². The van der Waals surface area contributed by atoms with E-state index in [2.05, 4.69) is 43.0 Å². The number of carbonyl (C=O) groups is 1. The van der Waals surface area contributed by atoms with Gasteiger partial charge in [-0.25, -0.2) is 0 Å². The Morgan fingerprint density at radius 1 is 0.939 bits per heavy atom. The number of rotatable bonds is 8. The van der Waals surface area contributed by atoms with E-state index in [0.29, 0.717) is 19.7 Å². The summed E-state index contributed by atoms with van der Waals surface area (Å²) in [5, 5.41) is 11.9. The van der Waals surface area contributed by atoms with Crippen molar-refractivity contribution < 1.29 is 9.90 Å². The molecule has 4 heteroatoms. The van der Waals surface area contributed by atoms with Crippen LogP contribution in [0.5, 0.6) is 5.75 Å². The summed E-state index contributed by atoms with van der Waals surface area (Å²) in [6.45, 7) is 7.72. The van der Waals surface area contributed by atoms with E-state index in [9.17, 15) is 9.90 Å². The first kappa shape index (κ1) is 23.7. The minimum absolute atomic E-state index is 0.0101. The number of carbonyl (C=O) groups excluding carboxylic acids is 1. The lowest BCUT2D eigenvalue weighted by atomic mass is 9.92. The highest BCUT2D eigenvalue weighted by Crippen LogP contribution is 2.47. The standard InChI is InChI=1S/C29H34NO2P/c1-3-29(2,33-27-15-9-8-14-24(27)21-30-18-10-5-11-19-30)25-20-23(16-17-26(25)31)28(32)22-12-6-4-7-13-22/h4,6-9,12-17,20,31,33H,3,5,10-11,18-19,21H2,1-2H3. The highest BCUT2D eigenvalue weighted by molar-refractivity contribution is 7.48. The molecule has 0 radical (unpaired) electrons. The highest BCUT2D eigenvalue weighted by Gasteiger charge is 2.30. The van der Waals surface area contributed by atoms with Gasteiger partial charge in [-0.1, -0.05) is 83.4 Å². The Hall–Kier alpha value is -2.48. The molecule has 3 nitrogen and oxygen atoms in total. The average molecular weight is 460 g/mol. The summed E-state index contributed by atoms with van der Waals surface area (Å²) in [6.07, 6.45) is 4.78. The molecule has 1 heterocycles. The quantitative estimate of drug-likeness (QED) is 0.320. The average Bonchev–Trinajstić information content (AvgIpc) is 2.86. The van der Waals surface area contributed by atoms with E-state index in [4.69, 9.17) is 0 Å².